The molecule has 4 N–H and O–H groups in total. The molecule has 0 spiro atoms. The van der Waals surface area contributed by atoms with Crippen LogP contribution in [-0.2, 0) is 9.53 Å². The second kappa shape index (κ2) is 10.7. The van der Waals surface area contributed by atoms with Gasteiger partial charge in [-0.1, -0.05) is 6.08 Å². The first-order chi connectivity index (χ1) is 12.7. The third-order valence-electron chi connectivity index (χ3n) is 2.80. The van der Waals surface area contributed by atoms with E-state index < -0.39 is 37.0 Å². The highest BCUT2D eigenvalue weighted by atomic mass is 19.4. The van der Waals surface area contributed by atoms with Crippen LogP contribution in [0.5, 0.6) is 0 Å². The minimum Gasteiger partial charge on any atom is -0.475 e. The van der Waals surface area contributed by atoms with Crippen molar-refractivity contribution in [2.24, 2.45) is 0 Å². The minimum atomic E-state index is -5.08. The molecule has 12 heteroatoms. The Balaban J connectivity index is 0.000000887. The van der Waals surface area contributed by atoms with Crippen LogP contribution in [0.4, 0.5) is 18.0 Å². The Morgan fingerprint density at radius 3 is 2.29 bits per heavy atom. The quantitative estimate of drug-likeness (QED) is 0.431. The van der Waals surface area contributed by atoms with E-state index in [1.807, 2.05) is 0 Å². The van der Waals surface area contributed by atoms with Crippen LogP contribution in [0.1, 0.15) is 38.9 Å². The molecule has 1 atom stereocenters. The molecule has 0 aliphatic heterocycles. The van der Waals surface area contributed by atoms with Crippen LogP contribution in [0, 0.1) is 0 Å². The molecule has 0 fully saturated rings. The molecule has 0 radical (unpaired) electrons. The van der Waals surface area contributed by atoms with Gasteiger partial charge in [-0.15, -0.1) is 6.58 Å². The number of carboxylic acids is 1. The first kappa shape index (κ1) is 25.4. The van der Waals surface area contributed by atoms with Gasteiger partial charge in [-0.25, -0.2) is 9.59 Å². The molecule has 1 aromatic heterocycles. The van der Waals surface area contributed by atoms with E-state index in [2.05, 4.69) is 16.9 Å². The van der Waals surface area contributed by atoms with Gasteiger partial charge in [0, 0.05) is 6.20 Å². The van der Waals surface area contributed by atoms with Gasteiger partial charge in [-0.2, -0.15) is 13.2 Å². The Hall–Kier alpha value is -2.60. The predicted octanol–water partition coefficient (Wildman–Crippen LogP) is 1.54. The van der Waals surface area contributed by atoms with Crippen molar-refractivity contribution in [3.63, 3.8) is 0 Å². The zero-order valence-electron chi connectivity index (χ0n) is 15.5. The predicted molar refractivity (Wildman–Crippen MR) is 94.7 cm³/mol. The summed E-state index contributed by atoms with van der Waals surface area (Å²) in [5.74, 6) is -2.76. The maximum absolute atomic E-state index is 11.8. The van der Waals surface area contributed by atoms with E-state index in [1.165, 1.54) is 18.3 Å². The van der Waals surface area contributed by atoms with Crippen molar-refractivity contribution in [3.8, 4) is 0 Å². The number of ether oxygens (including phenoxy) is 1. The number of alkyl carbamates (subject to hydrolysis) is 1. The number of nitrogens with one attached hydrogen (secondary N) is 1. The van der Waals surface area contributed by atoms with E-state index in [-0.39, 0.29) is 0 Å². The Morgan fingerprint density at radius 2 is 1.89 bits per heavy atom. The van der Waals surface area contributed by atoms with Gasteiger partial charge in [0.05, 0.1) is 11.7 Å². The van der Waals surface area contributed by atoms with Gasteiger partial charge in [0.1, 0.15) is 5.60 Å². The van der Waals surface area contributed by atoms with Crippen LogP contribution in [0.3, 0.4) is 0 Å². The van der Waals surface area contributed by atoms with E-state index in [0.29, 0.717) is 17.6 Å². The van der Waals surface area contributed by atoms with Gasteiger partial charge in [-0.05, 0) is 44.8 Å². The molecule has 0 aliphatic carbocycles. The van der Waals surface area contributed by atoms with Crippen LogP contribution >= 0.6 is 0 Å². The number of carboxylic acid groups (broad SMARTS) is 1. The number of alkyl halides is 3. The topological polar surface area (TPSA) is 129 Å². The first-order valence-electron chi connectivity index (χ1n) is 7.90. The standard InChI is InChI=1S/C14H21BN2O4.C2HF3O2/c1-5-6-11(17-13(18)21-14(2,3)4)12-9-10(15(19)20)7-8-16-12;3-2(4,5)1(6)7/h5,7-9,11,19-20H,1,6H2,2-4H3,(H,17,18);(H,6,7). The molecular formula is C16H22BF3N2O6. The van der Waals surface area contributed by atoms with E-state index in [1.54, 1.807) is 26.8 Å². The number of aliphatic carboxylic acids is 1. The fourth-order valence-corrected chi connectivity index (χ4v) is 1.69. The maximum Gasteiger partial charge on any atom is 0.490 e. The Labute approximate surface area is 160 Å². The zero-order valence-corrected chi connectivity index (χ0v) is 15.5. The molecule has 0 bridgehead atoms. The highest BCUT2D eigenvalue weighted by Crippen LogP contribution is 2.16. The van der Waals surface area contributed by atoms with Gasteiger partial charge in [0.25, 0.3) is 0 Å². The molecular weight excluding hydrogens is 384 g/mol. The number of pyridine rings is 1. The van der Waals surface area contributed by atoms with Crippen molar-refractivity contribution in [2.75, 3.05) is 0 Å². The average Bonchev–Trinajstić information content (AvgIpc) is 2.52. The lowest BCUT2D eigenvalue weighted by Crippen LogP contribution is -2.36. The molecule has 1 rings (SSSR count). The van der Waals surface area contributed by atoms with Gasteiger partial charge in [-0.3, -0.25) is 4.98 Å². The summed E-state index contributed by atoms with van der Waals surface area (Å²) >= 11 is 0. The molecule has 1 amide bonds. The fraction of sp³-hybridized carbons (Fsp3) is 0.438. The van der Waals surface area contributed by atoms with Crippen LogP contribution in [-0.4, -0.2) is 51.1 Å². The Bertz CT molecular complexity index is 677. The van der Waals surface area contributed by atoms with Crippen LogP contribution in [0.25, 0.3) is 0 Å². The summed E-state index contributed by atoms with van der Waals surface area (Å²) in [6.45, 7) is 8.97. The normalized spacial score (nSPS) is 12.1. The van der Waals surface area contributed by atoms with Crippen molar-refractivity contribution in [1.82, 2.24) is 10.3 Å². The SMILES string of the molecule is C=CCC(NC(=O)OC(C)(C)C)c1cc(B(O)O)ccn1.O=C(O)C(F)(F)F. The summed E-state index contributed by atoms with van der Waals surface area (Å²) in [6.07, 6.45) is -2.11. The third-order valence-corrected chi connectivity index (χ3v) is 2.80. The summed E-state index contributed by atoms with van der Waals surface area (Å²) in [4.78, 5) is 24.9. The van der Waals surface area contributed by atoms with E-state index >= 15 is 0 Å². The summed E-state index contributed by atoms with van der Waals surface area (Å²) < 4.78 is 36.9. The highest BCUT2D eigenvalue weighted by Gasteiger charge is 2.38. The van der Waals surface area contributed by atoms with Crippen molar-refractivity contribution in [2.45, 2.75) is 45.0 Å². The number of carbonyl (C=O) groups excluding carboxylic acids is 1. The van der Waals surface area contributed by atoms with Crippen molar-refractivity contribution in [3.05, 3.63) is 36.7 Å². The second-order valence-electron chi connectivity index (χ2n) is 6.41. The van der Waals surface area contributed by atoms with Gasteiger partial charge in [0.15, 0.2) is 0 Å². The number of halogens is 3. The number of carbonyl (C=O) groups is 2. The molecule has 0 saturated heterocycles. The maximum atomic E-state index is 11.8. The summed E-state index contributed by atoms with van der Waals surface area (Å²) in [5.41, 5.74) is 0.214. The number of nitrogens with zero attached hydrogens (tertiary/aromatic N) is 1. The lowest BCUT2D eigenvalue weighted by Gasteiger charge is -2.23. The Morgan fingerprint density at radius 1 is 1.36 bits per heavy atom. The third kappa shape index (κ3) is 10.5. The van der Waals surface area contributed by atoms with E-state index in [4.69, 9.17) is 14.6 Å². The van der Waals surface area contributed by atoms with E-state index in [0.717, 1.165) is 0 Å². The molecule has 28 heavy (non-hydrogen) atoms. The lowest BCUT2D eigenvalue weighted by atomic mass is 9.80. The van der Waals surface area contributed by atoms with Gasteiger partial charge >= 0.3 is 25.4 Å². The molecule has 1 aromatic rings. The molecule has 8 nitrogen and oxygen atoms in total. The van der Waals surface area contributed by atoms with Crippen molar-refractivity contribution in [1.29, 1.82) is 0 Å². The highest BCUT2D eigenvalue weighted by molar-refractivity contribution is 6.58. The molecule has 0 saturated carbocycles. The monoisotopic (exact) mass is 406 g/mol. The van der Waals surface area contributed by atoms with Crippen LogP contribution in [0.2, 0.25) is 0 Å². The number of aromatic nitrogens is 1. The van der Waals surface area contributed by atoms with Crippen LogP contribution < -0.4 is 10.8 Å². The molecule has 1 unspecified atom stereocenters. The zero-order chi connectivity index (χ0) is 22.1. The summed E-state index contributed by atoms with van der Waals surface area (Å²) in [6, 6.07) is 2.57. The van der Waals surface area contributed by atoms with Crippen LogP contribution in [0.15, 0.2) is 31.0 Å². The minimum absolute atomic E-state index is 0.306. The lowest BCUT2D eigenvalue weighted by molar-refractivity contribution is -0.192. The number of rotatable bonds is 5. The van der Waals surface area contributed by atoms with Crippen molar-refractivity contribution >= 4 is 24.6 Å². The summed E-state index contributed by atoms with van der Waals surface area (Å²) in [7, 11) is -1.59. The van der Waals surface area contributed by atoms with Gasteiger partial charge < -0.3 is 25.2 Å². The van der Waals surface area contributed by atoms with Gasteiger partial charge in [0.2, 0.25) is 0 Å². The molecule has 156 valence electrons. The largest absolute Gasteiger partial charge is 0.490 e. The number of hydrogen-bond acceptors (Lipinski definition) is 6. The molecule has 1 heterocycles. The average molecular weight is 406 g/mol. The second-order valence-corrected chi connectivity index (χ2v) is 6.41. The number of amides is 1. The van der Waals surface area contributed by atoms with Crippen molar-refractivity contribution < 1.29 is 42.7 Å². The molecule has 0 aliphatic rings. The Kier molecular flexibility index (Phi) is 9.68. The van der Waals surface area contributed by atoms with E-state index in [9.17, 15) is 28.0 Å². The fourth-order valence-electron chi connectivity index (χ4n) is 1.69. The number of hydrogen-bond donors (Lipinski definition) is 4. The first-order valence-corrected chi connectivity index (χ1v) is 7.90. The molecule has 0 aromatic carbocycles. The smallest absolute Gasteiger partial charge is 0.475 e. The summed E-state index contributed by atoms with van der Waals surface area (Å²) in [5, 5.41) is 28.2.